The summed E-state index contributed by atoms with van der Waals surface area (Å²) >= 11 is 17.4. The molecule has 4 nitrogen and oxygen atoms in total. The highest BCUT2D eigenvalue weighted by atomic mass is 35.5. The molecule has 114 valence electrons. The number of fused-ring (bicyclic) bond motifs is 1. The molecule has 2 N–H and O–H groups in total. The van der Waals surface area contributed by atoms with Gasteiger partial charge < -0.3 is 20.1 Å². The van der Waals surface area contributed by atoms with Crippen LogP contribution >= 0.6 is 35.4 Å². The minimum Gasteiger partial charge on any atom is -0.486 e. The molecular formula is C15H12Cl2N2O2S. The van der Waals surface area contributed by atoms with Crippen molar-refractivity contribution >= 4 is 51.9 Å². The van der Waals surface area contributed by atoms with Gasteiger partial charge in [-0.3, -0.25) is 0 Å². The molecule has 2 aromatic rings. The van der Waals surface area contributed by atoms with Gasteiger partial charge in [-0.25, -0.2) is 0 Å². The highest BCUT2D eigenvalue weighted by Crippen LogP contribution is 2.33. The smallest absolute Gasteiger partial charge is 0.175 e. The van der Waals surface area contributed by atoms with E-state index in [4.69, 9.17) is 44.9 Å². The predicted molar refractivity (Wildman–Crippen MR) is 93.7 cm³/mol. The number of nitrogens with one attached hydrogen (secondary N) is 2. The van der Waals surface area contributed by atoms with Crippen LogP contribution in [-0.2, 0) is 0 Å². The van der Waals surface area contributed by atoms with E-state index < -0.39 is 0 Å². The summed E-state index contributed by atoms with van der Waals surface area (Å²) in [5.74, 6) is 1.42. The minimum atomic E-state index is 0.404. The summed E-state index contributed by atoms with van der Waals surface area (Å²) in [7, 11) is 0. The second-order valence-corrected chi connectivity index (χ2v) is 5.73. The lowest BCUT2D eigenvalue weighted by molar-refractivity contribution is 0.171. The van der Waals surface area contributed by atoms with Crippen molar-refractivity contribution in [2.45, 2.75) is 0 Å². The van der Waals surface area contributed by atoms with E-state index in [9.17, 15) is 0 Å². The Hall–Kier alpha value is -1.69. The average Bonchev–Trinajstić information content (AvgIpc) is 2.52. The Labute approximate surface area is 143 Å². The highest BCUT2D eigenvalue weighted by molar-refractivity contribution is 7.80. The molecule has 0 amide bonds. The van der Waals surface area contributed by atoms with E-state index >= 15 is 0 Å². The van der Waals surface area contributed by atoms with Crippen LogP contribution in [-0.4, -0.2) is 18.3 Å². The van der Waals surface area contributed by atoms with Crippen molar-refractivity contribution in [3.63, 3.8) is 0 Å². The number of ether oxygens (including phenoxy) is 2. The van der Waals surface area contributed by atoms with Crippen molar-refractivity contribution < 1.29 is 9.47 Å². The van der Waals surface area contributed by atoms with Crippen LogP contribution in [0.1, 0.15) is 0 Å². The summed E-state index contributed by atoms with van der Waals surface area (Å²) in [6.45, 7) is 1.10. The molecule has 1 aliphatic rings. The molecule has 1 heterocycles. The van der Waals surface area contributed by atoms with Crippen molar-refractivity contribution in [1.82, 2.24) is 0 Å². The minimum absolute atomic E-state index is 0.404. The monoisotopic (exact) mass is 354 g/mol. The third-order valence-electron chi connectivity index (χ3n) is 3.00. The Morgan fingerprint density at radius 2 is 1.77 bits per heavy atom. The van der Waals surface area contributed by atoms with Crippen molar-refractivity contribution in [3.05, 3.63) is 46.4 Å². The van der Waals surface area contributed by atoms with Crippen LogP contribution in [0.4, 0.5) is 11.4 Å². The summed E-state index contributed by atoms with van der Waals surface area (Å²) in [5, 5.41) is 7.38. The van der Waals surface area contributed by atoms with Gasteiger partial charge in [-0.1, -0.05) is 29.3 Å². The van der Waals surface area contributed by atoms with Gasteiger partial charge in [-0.05, 0) is 36.5 Å². The van der Waals surface area contributed by atoms with Gasteiger partial charge in [0.1, 0.15) is 13.2 Å². The molecule has 0 spiro atoms. The van der Waals surface area contributed by atoms with E-state index in [0.717, 1.165) is 11.4 Å². The molecule has 22 heavy (non-hydrogen) atoms. The van der Waals surface area contributed by atoms with Gasteiger partial charge in [0.05, 0.1) is 15.7 Å². The van der Waals surface area contributed by atoms with Crippen LogP contribution in [0.3, 0.4) is 0 Å². The Morgan fingerprint density at radius 1 is 1.00 bits per heavy atom. The molecule has 7 heteroatoms. The fourth-order valence-corrected chi connectivity index (χ4v) is 2.58. The van der Waals surface area contributed by atoms with Gasteiger partial charge in [-0.2, -0.15) is 0 Å². The van der Waals surface area contributed by atoms with Gasteiger partial charge in [0, 0.05) is 11.8 Å². The third kappa shape index (κ3) is 3.38. The standard InChI is InChI=1S/C15H12Cl2N2O2S/c16-10-2-1-3-11(14(10)17)19-15(22)18-9-4-5-12-13(8-9)21-7-6-20-12/h1-5,8H,6-7H2,(H2,18,19,22). The van der Waals surface area contributed by atoms with Crippen molar-refractivity contribution in [2.75, 3.05) is 23.8 Å². The maximum atomic E-state index is 6.12. The molecule has 0 fully saturated rings. The van der Waals surface area contributed by atoms with Crippen LogP contribution in [0, 0.1) is 0 Å². The molecule has 0 aliphatic carbocycles. The zero-order valence-electron chi connectivity index (χ0n) is 11.4. The van der Waals surface area contributed by atoms with E-state index in [1.54, 1.807) is 18.2 Å². The summed E-state index contributed by atoms with van der Waals surface area (Å²) in [5.41, 5.74) is 1.43. The van der Waals surface area contributed by atoms with Gasteiger partial charge in [0.15, 0.2) is 16.6 Å². The van der Waals surface area contributed by atoms with Crippen molar-refractivity contribution in [2.24, 2.45) is 0 Å². The Bertz CT molecular complexity index is 725. The zero-order valence-corrected chi connectivity index (χ0v) is 13.7. The van der Waals surface area contributed by atoms with Crippen LogP contribution in [0.2, 0.25) is 10.0 Å². The normalized spacial score (nSPS) is 12.6. The lowest BCUT2D eigenvalue weighted by Crippen LogP contribution is -2.20. The lowest BCUT2D eigenvalue weighted by Gasteiger charge is -2.19. The van der Waals surface area contributed by atoms with Crippen molar-refractivity contribution in [1.29, 1.82) is 0 Å². The Morgan fingerprint density at radius 3 is 2.59 bits per heavy atom. The van der Waals surface area contributed by atoms with E-state index in [2.05, 4.69) is 10.6 Å². The first-order valence-electron chi connectivity index (χ1n) is 6.55. The van der Waals surface area contributed by atoms with Gasteiger partial charge in [-0.15, -0.1) is 0 Å². The summed E-state index contributed by atoms with van der Waals surface area (Å²) < 4.78 is 11.0. The quantitative estimate of drug-likeness (QED) is 0.773. The molecule has 0 aromatic heterocycles. The highest BCUT2D eigenvalue weighted by Gasteiger charge is 2.12. The molecule has 0 bridgehead atoms. The van der Waals surface area contributed by atoms with Crippen LogP contribution in [0.15, 0.2) is 36.4 Å². The predicted octanol–water partition coefficient (Wildman–Crippen LogP) is 4.57. The van der Waals surface area contributed by atoms with E-state index in [0.29, 0.717) is 39.8 Å². The largest absolute Gasteiger partial charge is 0.486 e. The second-order valence-electron chi connectivity index (χ2n) is 4.54. The van der Waals surface area contributed by atoms with Crippen LogP contribution in [0.25, 0.3) is 0 Å². The lowest BCUT2D eigenvalue weighted by atomic mass is 10.2. The number of rotatable bonds is 2. The Balaban J connectivity index is 1.70. The molecular weight excluding hydrogens is 343 g/mol. The van der Waals surface area contributed by atoms with E-state index in [-0.39, 0.29) is 0 Å². The van der Waals surface area contributed by atoms with Crippen LogP contribution in [0.5, 0.6) is 11.5 Å². The SMILES string of the molecule is S=C(Nc1ccc2c(c1)OCCO2)Nc1cccc(Cl)c1Cl. The first-order chi connectivity index (χ1) is 10.6. The second kappa shape index (κ2) is 6.60. The molecule has 3 rings (SSSR count). The molecule has 1 aliphatic heterocycles. The summed E-state index contributed by atoms with van der Waals surface area (Å²) in [6, 6.07) is 10.8. The van der Waals surface area contributed by atoms with E-state index in [1.807, 2.05) is 18.2 Å². The molecule has 2 aromatic carbocycles. The van der Waals surface area contributed by atoms with Gasteiger partial charge >= 0.3 is 0 Å². The first-order valence-corrected chi connectivity index (χ1v) is 7.71. The fraction of sp³-hybridized carbons (Fsp3) is 0.133. The number of hydrogen-bond acceptors (Lipinski definition) is 3. The molecule has 0 unspecified atom stereocenters. The van der Waals surface area contributed by atoms with Gasteiger partial charge in [0.25, 0.3) is 0 Å². The Kier molecular flexibility index (Phi) is 4.57. The number of halogens is 2. The summed E-state index contributed by atoms with van der Waals surface area (Å²) in [6.07, 6.45) is 0. The number of benzene rings is 2. The number of thiocarbonyl (C=S) groups is 1. The summed E-state index contributed by atoms with van der Waals surface area (Å²) in [4.78, 5) is 0. The molecule has 0 saturated carbocycles. The first kappa shape index (κ1) is 15.2. The molecule has 0 saturated heterocycles. The van der Waals surface area contributed by atoms with Crippen LogP contribution < -0.4 is 20.1 Å². The molecule has 0 atom stereocenters. The maximum absolute atomic E-state index is 6.12. The zero-order chi connectivity index (χ0) is 15.5. The number of hydrogen-bond donors (Lipinski definition) is 2. The molecule has 0 radical (unpaired) electrons. The third-order valence-corrected chi connectivity index (χ3v) is 4.02. The average molecular weight is 355 g/mol. The van der Waals surface area contributed by atoms with E-state index in [1.165, 1.54) is 0 Å². The van der Waals surface area contributed by atoms with Gasteiger partial charge in [0.2, 0.25) is 0 Å². The number of anilines is 2. The van der Waals surface area contributed by atoms with Crippen molar-refractivity contribution in [3.8, 4) is 11.5 Å². The fourth-order valence-electron chi connectivity index (χ4n) is 2.01. The maximum Gasteiger partial charge on any atom is 0.175 e. The topological polar surface area (TPSA) is 42.5 Å².